The van der Waals surface area contributed by atoms with E-state index in [9.17, 15) is 0 Å². The van der Waals surface area contributed by atoms with Gasteiger partial charge in [0.1, 0.15) is 0 Å². The largest absolute Gasteiger partial charge is 0.282 e. The fourth-order valence-corrected chi connectivity index (χ4v) is 0.507. The van der Waals surface area contributed by atoms with Crippen LogP contribution in [0.5, 0.6) is 0 Å². The van der Waals surface area contributed by atoms with Gasteiger partial charge in [-0.15, -0.1) is 0 Å². The molecule has 0 aromatic heterocycles. The first-order chi connectivity index (χ1) is 3.80. The monoisotopic (exact) mass is 127 g/mol. The van der Waals surface area contributed by atoms with Crippen LogP contribution in [-0.2, 0) is 0 Å². The van der Waals surface area contributed by atoms with Crippen LogP contribution in [-0.4, -0.2) is 5.84 Å². The van der Waals surface area contributed by atoms with Gasteiger partial charge in [-0.3, -0.25) is 5.41 Å². The van der Waals surface area contributed by atoms with Crippen molar-refractivity contribution in [3.05, 3.63) is 23.4 Å². The fraction of sp³-hybridized carbons (Fsp3) is 0. The maximum Gasteiger partial charge on any atom is 0.163 e. The van der Waals surface area contributed by atoms with Gasteiger partial charge in [0, 0.05) is 6.20 Å². The minimum absolute atomic E-state index is 0.133. The Kier molecular flexibility index (Phi) is 1.35. The molecule has 1 rings (SSSR count). The van der Waals surface area contributed by atoms with Crippen LogP contribution in [0.3, 0.4) is 0 Å². The molecule has 1 heterocycles. The lowest BCUT2D eigenvalue weighted by Crippen LogP contribution is -2.10. The van der Waals surface area contributed by atoms with Crippen molar-refractivity contribution >= 4 is 17.4 Å². The molecule has 0 aromatic carbocycles. The van der Waals surface area contributed by atoms with E-state index in [0.717, 1.165) is 0 Å². The molecule has 1 radical (unpaired) electrons. The van der Waals surface area contributed by atoms with Crippen LogP contribution in [0.1, 0.15) is 0 Å². The first-order valence-corrected chi connectivity index (χ1v) is 2.50. The van der Waals surface area contributed by atoms with Gasteiger partial charge in [0.15, 0.2) is 5.84 Å². The summed E-state index contributed by atoms with van der Waals surface area (Å²) in [6, 6.07) is 0. The summed E-state index contributed by atoms with van der Waals surface area (Å²) in [4.78, 5) is 0. The summed E-state index contributed by atoms with van der Waals surface area (Å²) in [5.74, 6) is 0.133. The predicted molar refractivity (Wildman–Crippen MR) is 32.9 cm³/mol. The molecule has 0 spiro atoms. The molecule has 0 saturated heterocycles. The van der Waals surface area contributed by atoms with E-state index in [1.807, 2.05) is 0 Å². The Morgan fingerprint density at radius 3 is 2.75 bits per heavy atom. The van der Waals surface area contributed by atoms with Crippen LogP contribution in [0.25, 0.3) is 0 Å². The molecule has 1 aliphatic rings. The van der Waals surface area contributed by atoms with Gasteiger partial charge in [-0.05, 0) is 12.2 Å². The Hall–Kier alpha value is -0.760. The summed E-state index contributed by atoms with van der Waals surface area (Å²) in [6.07, 6.45) is 4.87. The van der Waals surface area contributed by atoms with E-state index in [0.29, 0.717) is 5.03 Å². The molecule has 0 fully saturated rings. The van der Waals surface area contributed by atoms with Crippen molar-refractivity contribution < 1.29 is 0 Å². The maximum absolute atomic E-state index is 6.98. The zero-order chi connectivity index (χ0) is 5.98. The van der Waals surface area contributed by atoms with E-state index in [1.54, 1.807) is 12.2 Å². The Morgan fingerprint density at radius 1 is 1.62 bits per heavy atom. The van der Waals surface area contributed by atoms with Crippen molar-refractivity contribution in [1.29, 1.82) is 5.41 Å². The van der Waals surface area contributed by atoms with Crippen molar-refractivity contribution in [2.24, 2.45) is 0 Å². The lowest BCUT2D eigenvalue weighted by atomic mass is 10.4. The second-order valence-electron chi connectivity index (χ2n) is 1.33. The summed E-state index contributed by atoms with van der Waals surface area (Å²) in [5, 5.41) is 11.0. The predicted octanol–water partition coefficient (Wildman–Crippen LogP) is 1.22. The zero-order valence-electron chi connectivity index (χ0n) is 4.06. The Labute approximate surface area is 52.4 Å². The number of amidine groups is 1. The second-order valence-corrected chi connectivity index (χ2v) is 1.74. The van der Waals surface area contributed by atoms with Gasteiger partial charge in [0.25, 0.3) is 0 Å². The lowest BCUT2D eigenvalue weighted by molar-refractivity contribution is 1.20. The summed E-state index contributed by atoms with van der Waals surface area (Å²) in [6.45, 7) is 0. The molecule has 0 unspecified atom stereocenters. The number of allylic oxidation sites excluding steroid dienone is 2. The van der Waals surface area contributed by atoms with Gasteiger partial charge in [0.2, 0.25) is 0 Å². The normalized spacial score (nSPS) is 17.6. The van der Waals surface area contributed by atoms with Crippen LogP contribution in [0.2, 0.25) is 0 Å². The molecule has 0 aromatic rings. The number of nitrogens with zero attached hydrogens (tertiary/aromatic N) is 1. The topological polar surface area (TPSA) is 38.0 Å². The summed E-state index contributed by atoms with van der Waals surface area (Å²) in [7, 11) is 0. The zero-order valence-corrected chi connectivity index (χ0v) is 4.81. The van der Waals surface area contributed by atoms with E-state index < -0.39 is 0 Å². The third-order valence-corrected chi connectivity index (χ3v) is 1.06. The SMILES string of the molecule is N=C1[N]C=CC=C1Cl. The lowest BCUT2D eigenvalue weighted by Gasteiger charge is -1.99. The molecule has 3 heteroatoms. The minimum atomic E-state index is 0.133. The van der Waals surface area contributed by atoms with Crippen molar-refractivity contribution in [3.8, 4) is 0 Å². The fourth-order valence-electron chi connectivity index (χ4n) is 0.386. The highest BCUT2D eigenvalue weighted by atomic mass is 35.5. The highest BCUT2D eigenvalue weighted by molar-refractivity contribution is 6.43. The molecule has 1 aliphatic heterocycles. The number of halogens is 1. The average molecular weight is 128 g/mol. The van der Waals surface area contributed by atoms with Gasteiger partial charge in [-0.2, -0.15) is 0 Å². The van der Waals surface area contributed by atoms with Crippen molar-refractivity contribution in [2.45, 2.75) is 0 Å². The number of rotatable bonds is 0. The maximum atomic E-state index is 6.98. The van der Waals surface area contributed by atoms with E-state index >= 15 is 0 Å². The molecule has 0 bridgehead atoms. The van der Waals surface area contributed by atoms with Gasteiger partial charge in [-0.25, -0.2) is 5.32 Å². The quantitative estimate of drug-likeness (QED) is 0.508. The summed E-state index contributed by atoms with van der Waals surface area (Å²) in [5.41, 5.74) is 0. The van der Waals surface area contributed by atoms with E-state index in [1.165, 1.54) is 6.20 Å². The van der Waals surface area contributed by atoms with Gasteiger partial charge >= 0.3 is 0 Å². The third-order valence-electron chi connectivity index (χ3n) is 0.758. The molecular weight excluding hydrogens is 124 g/mol. The van der Waals surface area contributed by atoms with Crippen LogP contribution in [0.15, 0.2) is 23.4 Å². The smallest absolute Gasteiger partial charge is 0.163 e. The Morgan fingerprint density at radius 2 is 2.38 bits per heavy atom. The Bertz CT molecular complexity index is 169. The number of hydrogen-bond donors (Lipinski definition) is 1. The van der Waals surface area contributed by atoms with Crippen LogP contribution in [0.4, 0.5) is 0 Å². The standard InChI is InChI=1S/C5H4ClN2/c6-4-2-1-3-8-5(4)7/h1-3,7H. The van der Waals surface area contributed by atoms with Gasteiger partial charge in [0.05, 0.1) is 5.03 Å². The molecule has 0 aliphatic carbocycles. The van der Waals surface area contributed by atoms with E-state index in [-0.39, 0.29) is 5.84 Å². The molecule has 1 N–H and O–H groups in total. The molecule has 2 nitrogen and oxygen atoms in total. The van der Waals surface area contributed by atoms with Crippen LogP contribution >= 0.6 is 11.6 Å². The van der Waals surface area contributed by atoms with Crippen molar-refractivity contribution in [1.82, 2.24) is 5.32 Å². The van der Waals surface area contributed by atoms with Crippen molar-refractivity contribution in [3.63, 3.8) is 0 Å². The molecule has 41 valence electrons. The highest BCUT2D eigenvalue weighted by Crippen LogP contribution is 2.05. The highest BCUT2D eigenvalue weighted by Gasteiger charge is 2.01. The van der Waals surface area contributed by atoms with Crippen molar-refractivity contribution in [2.75, 3.05) is 0 Å². The molecule has 8 heavy (non-hydrogen) atoms. The van der Waals surface area contributed by atoms with Crippen LogP contribution in [0, 0.1) is 5.41 Å². The second kappa shape index (κ2) is 2.01. The molecule has 0 atom stereocenters. The van der Waals surface area contributed by atoms with Gasteiger partial charge in [-0.1, -0.05) is 11.6 Å². The summed E-state index contributed by atoms with van der Waals surface area (Å²) >= 11 is 5.46. The Balaban J connectivity index is 2.80. The molecular formula is C5H4ClN2. The van der Waals surface area contributed by atoms with E-state index in [2.05, 4.69) is 5.32 Å². The molecule has 0 amide bonds. The average Bonchev–Trinajstić information content (AvgIpc) is 1.77. The number of hydrogen-bond acceptors (Lipinski definition) is 1. The minimum Gasteiger partial charge on any atom is -0.282 e. The molecule has 0 saturated carbocycles. The van der Waals surface area contributed by atoms with Gasteiger partial charge < -0.3 is 0 Å². The summed E-state index contributed by atoms with van der Waals surface area (Å²) < 4.78 is 0. The first-order valence-electron chi connectivity index (χ1n) is 2.13. The van der Waals surface area contributed by atoms with Crippen LogP contribution < -0.4 is 5.32 Å². The third kappa shape index (κ3) is 0.898. The number of nitrogens with one attached hydrogen (secondary N) is 1. The van der Waals surface area contributed by atoms with E-state index in [4.69, 9.17) is 17.0 Å². The first kappa shape index (κ1) is 5.38.